The van der Waals surface area contributed by atoms with Crippen LogP contribution in [-0.2, 0) is 24.2 Å². The van der Waals surface area contributed by atoms with Crippen molar-refractivity contribution >= 4 is 35.2 Å². The van der Waals surface area contributed by atoms with E-state index in [4.69, 9.17) is 11.6 Å². The highest BCUT2D eigenvalue weighted by atomic mass is 35.5. The van der Waals surface area contributed by atoms with Gasteiger partial charge in [-0.3, -0.25) is 9.59 Å². The van der Waals surface area contributed by atoms with E-state index < -0.39 is 0 Å². The summed E-state index contributed by atoms with van der Waals surface area (Å²) in [4.78, 5) is 27.3. The first-order valence-corrected chi connectivity index (χ1v) is 13.1. The third-order valence-electron chi connectivity index (χ3n) is 6.66. The molecule has 1 heterocycles. The van der Waals surface area contributed by atoms with Crippen molar-refractivity contribution in [3.63, 3.8) is 0 Å². The molecule has 4 nitrogen and oxygen atoms in total. The van der Waals surface area contributed by atoms with Gasteiger partial charge in [-0.2, -0.15) is 0 Å². The van der Waals surface area contributed by atoms with Crippen molar-refractivity contribution in [2.45, 2.75) is 44.1 Å². The number of hydrogen-bond donors (Lipinski definition) is 1. The number of nitrogens with zero attached hydrogens (tertiary/aromatic N) is 1. The summed E-state index contributed by atoms with van der Waals surface area (Å²) in [6, 6.07) is 21.7. The summed E-state index contributed by atoms with van der Waals surface area (Å²) in [6.07, 6.45) is 3.50. The second-order valence-electron chi connectivity index (χ2n) is 9.01. The molecule has 3 aromatic rings. The van der Waals surface area contributed by atoms with Crippen molar-refractivity contribution in [2.75, 3.05) is 5.75 Å². The summed E-state index contributed by atoms with van der Waals surface area (Å²) < 4.78 is 0. The average molecular weight is 491 g/mol. The monoisotopic (exact) mass is 490 g/mol. The summed E-state index contributed by atoms with van der Waals surface area (Å²) in [5.41, 5.74) is 6.68. The van der Waals surface area contributed by atoms with Crippen LogP contribution in [0, 0.1) is 0 Å². The molecule has 0 spiro atoms. The van der Waals surface area contributed by atoms with Gasteiger partial charge in [-0.05, 0) is 78.3 Å². The normalized spacial score (nSPS) is 18.1. The molecule has 1 saturated heterocycles. The van der Waals surface area contributed by atoms with E-state index in [-0.39, 0.29) is 23.2 Å². The molecular weight excluding hydrogens is 464 g/mol. The molecule has 1 aliphatic heterocycles. The summed E-state index contributed by atoms with van der Waals surface area (Å²) in [5, 5.41) is 3.74. The predicted molar refractivity (Wildman–Crippen MR) is 138 cm³/mol. The Morgan fingerprint density at radius 2 is 1.79 bits per heavy atom. The summed E-state index contributed by atoms with van der Waals surface area (Å²) >= 11 is 7.61. The van der Waals surface area contributed by atoms with Crippen LogP contribution in [0.3, 0.4) is 0 Å². The van der Waals surface area contributed by atoms with E-state index in [9.17, 15) is 9.59 Å². The van der Waals surface area contributed by atoms with Crippen molar-refractivity contribution in [3.8, 4) is 0 Å². The Labute approximate surface area is 209 Å². The summed E-state index contributed by atoms with van der Waals surface area (Å²) in [5.74, 6) is 0.487. The molecule has 174 valence electrons. The van der Waals surface area contributed by atoms with Crippen LogP contribution in [0.2, 0.25) is 5.02 Å². The molecular formula is C28H27ClN2O2S. The van der Waals surface area contributed by atoms with Crippen LogP contribution in [0.5, 0.6) is 0 Å². The maximum atomic E-state index is 12.9. The highest BCUT2D eigenvalue weighted by Gasteiger charge is 2.32. The Morgan fingerprint density at radius 1 is 1.06 bits per heavy atom. The Bertz CT molecular complexity index is 1210. The van der Waals surface area contributed by atoms with E-state index in [0.29, 0.717) is 22.9 Å². The molecule has 2 atom stereocenters. The largest absolute Gasteiger partial charge is 0.346 e. The molecule has 0 bridgehead atoms. The fourth-order valence-corrected chi connectivity index (χ4v) is 6.03. The van der Waals surface area contributed by atoms with Crippen LogP contribution in [0.25, 0.3) is 0 Å². The Hall–Kier alpha value is -2.76. The number of fused-ring (bicyclic) bond motifs is 1. The van der Waals surface area contributed by atoms with E-state index in [0.717, 1.165) is 29.5 Å². The van der Waals surface area contributed by atoms with Gasteiger partial charge >= 0.3 is 0 Å². The molecule has 5 rings (SSSR count). The lowest BCUT2D eigenvalue weighted by atomic mass is 10.0. The van der Waals surface area contributed by atoms with Crippen molar-refractivity contribution in [1.82, 2.24) is 10.2 Å². The van der Waals surface area contributed by atoms with Gasteiger partial charge in [0.2, 0.25) is 5.91 Å². The van der Waals surface area contributed by atoms with Gasteiger partial charge < -0.3 is 10.2 Å². The molecule has 2 unspecified atom stereocenters. The third-order valence-corrected chi connectivity index (χ3v) is 8.17. The number of thioether (sulfide) groups is 1. The highest BCUT2D eigenvalue weighted by molar-refractivity contribution is 8.00. The molecule has 2 aliphatic rings. The van der Waals surface area contributed by atoms with E-state index >= 15 is 0 Å². The first-order chi connectivity index (χ1) is 16.5. The van der Waals surface area contributed by atoms with Crippen LogP contribution in [-0.4, -0.2) is 22.5 Å². The van der Waals surface area contributed by atoms with E-state index in [1.165, 1.54) is 17.5 Å². The highest BCUT2D eigenvalue weighted by Crippen LogP contribution is 2.39. The van der Waals surface area contributed by atoms with Crippen LogP contribution >= 0.6 is 23.4 Å². The van der Waals surface area contributed by atoms with Crippen molar-refractivity contribution in [2.24, 2.45) is 0 Å². The van der Waals surface area contributed by atoms with Gasteiger partial charge in [0.05, 0.1) is 11.8 Å². The van der Waals surface area contributed by atoms with Gasteiger partial charge in [0.25, 0.3) is 5.91 Å². The lowest BCUT2D eigenvalue weighted by Gasteiger charge is -2.24. The SMILES string of the molecule is CC(NC(=O)c1ccc(C2SCC(=O)N2Cc2ccc(Cl)cc2)cc1)c1ccc2c(c1)CCC2. The molecule has 2 amide bonds. The molecule has 34 heavy (non-hydrogen) atoms. The predicted octanol–water partition coefficient (Wildman–Crippen LogP) is 6.09. The fraction of sp³-hybridized carbons (Fsp3) is 0.286. The molecule has 1 N–H and O–H groups in total. The number of carbonyl (C=O) groups is 2. The second-order valence-corrected chi connectivity index (χ2v) is 10.5. The van der Waals surface area contributed by atoms with E-state index in [2.05, 4.69) is 23.5 Å². The number of hydrogen-bond acceptors (Lipinski definition) is 3. The van der Waals surface area contributed by atoms with Crippen molar-refractivity contribution in [1.29, 1.82) is 0 Å². The standard InChI is InChI=1S/C28H27ClN2O2S/c1-18(23-12-7-20-3-2-4-24(20)15-23)30-27(33)21-8-10-22(11-9-21)28-31(26(32)17-34-28)16-19-5-13-25(29)14-6-19/h5-15,18,28H,2-4,16-17H2,1H3,(H,30,33). The van der Waals surface area contributed by atoms with Crippen molar-refractivity contribution in [3.05, 3.63) is 105 Å². The molecule has 1 aliphatic carbocycles. The minimum atomic E-state index is -0.0901. The maximum absolute atomic E-state index is 12.9. The fourth-order valence-electron chi connectivity index (χ4n) is 4.71. The zero-order chi connectivity index (χ0) is 23.7. The summed E-state index contributed by atoms with van der Waals surface area (Å²) in [6.45, 7) is 2.56. The number of amides is 2. The topological polar surface area (TPSA) is 49.4 Å². The van der Waals surface area contributed by atoms with Crippen LogP contribution in [0.15, 0.2) is 66.7 Å². The number of halogens is 1. The zero-order valence-electron chi connectivity index (χ0n) is 19.1. The van der Waals surface area contributed by atoms with E-state index in [1.54, 1.807) is 11.8 Å². The Balaban J connectivity index is 1.25. The number of nitrogens with one attached hydrogen (secondary N) is 1. The first kappa shape index (κ1) is 23.0. The smallest absolute Gasteiger partial charge is 0.251 e. The molecule has 1 fully saturated rings. The number of carbonyl (C=O) groups excluding carboxylic acids is 2. The lowest BCUT2D eigenvalue weighted by Crippen LogP contribution is -2.28. The van der Waals surface area contributed by atoms with Gasteiger partial charge in [0, 0.05) is 17.1 Å². The second kappa shape index (κ2) is 9.85. The molecule has 6 heteroatoms. The van der Waals surface area contributed by atoms with Crippen LogP contribution in [0.4, 0.5) is 0 Å². The van der Waals surface area contributed by atoms with E-state index in [1.807, 2.05) is 60.4 Å². The lowest BCUT2D eigenvalue weighted by molar-refractivity contribution is -0.128. The van der Waals surface area contributed by atoms with Gasteiger partial charge in [-0.25, -0.2) is 0 Å². The molecule has 0 radical (unpaired) electrons. The van der Waals surface area contributed by atoms with Crippen LogP contribution in [0.1, 0.15) is 62.9 Å². The Kier molecular flexibility index (Phi) is 6.66. The molecule has 0 saturated carbocycles. The first-order valence-electron chi connectivity index (χ1n) is 11.7. The van der Waals surface area contributed by atoms with Gasteiger partial charge in [-0.1, -0.05) is 54.1 Å². The molecule has 3 aromatic carbocycles. The third kappa shape index (κ3) is 4.86. The van der Waals surface area contributed by atoms with Crippen LogP contribution < -0.4 is 5.32 Å². The van der Waals surface area contributed by atoms with Crippen molar-refractivity contribution < 1.29 is 9.59 Å². The van der Waals surface area contributed by atoms with Gasteiger partial charge in [-0.15, -0.1) is 11.8 Å². The minimum Gasteiger partial charge on any atom is -0.346 e. The van der Waals surface area contributed by atoms with Gasteiger partial charge in [0.1, 0.15) is 5.37 Å². The molecule has 0 aromatic heterocycles. The maximum Gasteiger partial charge on any atom is 0.251 e. The summed E-state index contributed by atoms with van der Waals surface area (Å²) in [7, 11) is 0. The minimum absolute atomic E-state index is 0.0593. The number of rotatable bonds is 6. The number of aryl methyl sites for hydroxylation is 2. The zero-order valence-corrected chi connectivity index (χ0v) is 20.7. The number of benzene rings is 3. The average Bonchev–Trinajstić information content (AvgIpc) is 3.46. The quantitative estimate of drug-likeness (QED) is 0.454. The van der Waals surface area contributed by atoms with Gasteiger partial charge in [0.15, 0.2) is 0 Å². The Morgan fingerprint density at radius 3 is 2.56 bits per heavy atom.